The lowest BCUT2D eigenvalue weighted by molar-refractivity contribution is 0.626. The van der Waals surface area contributed by atoms with Gasteiger partial charge in [-0.15, -0.1) is 0 Å². The minimum atomic E-state index is 0.549. The maximum Gasteiger partial charge on any atom is 0.224 e. The minimum Gasteiger partial charge on any atom is -0.350 e. The van der Waals surface area contributed by atoms with Crippen LogP contribution in [0.25, 0.3) is 0 Å². The van der Waals surface area contributed by atoms with E-state index in [9.17, 15) is 0 Å². The van der Waals surface area contributed by atoms with Crippen molar-refractivity contribution < 1.29 is 0 Å². The van der Waals surface area contributed by atoms with E-state index >= 15 is 0 Å². The average Bonchev–Trinajstić information content (AvgIpc) is 2.46. The maximum absolute atomic E-state index is 6.20. The van der Waals surface area contributed by atoms with Crippen LogP contribution in [0.4, 0.5) is 5.95 Å². The summed E-state index contributed by atoms with van der Waals surface area (Å²) in [6.45, 7) is 2.40. The van der Waals surface area contributed by atoms with E-state index in [4.69, 9.17) is 11.6 Å². The molecule has 0 radical (unpaired) electrons. The first kappa shape index (κ1) is 12.4. The van der Waals surface area contributed by atoms with Crippen LogP contribution in [0.15, 0.2) is 30.3 Å². The molecule has 98 valence electrons. The molecular formula is C14H15ClN4. The van der Waals surface area contributed by atoms with Crippen LogP contribution in [0, 0.1) is 0 Å². The first-order chi connectivity index (χ1) is 9.33. The van der Waals surface area contributed by atoms with Crippen LogP contribution >= 0.6 is 11.6 Å². The molecule has 0 unspecified atom stereocenters. The van der Waals surface area contributed by atoms with E-state index in [-0.39, 0.29) is 0 Å². The number of hydrogen-bond acceptors (Lipinski definition) is 4. The summed E-state index contributed by atoms with van der Waals surface area (Å²) in [6.07, 6.45) is 0.900. The Morgan fingerprint density at radius 1 is 1.21 bits per heavy atom. The third kappa shape index (κ3) is 2.85. The molecule has 1 aromatic carbocycles. The van der Waals surface area contributed by atoms with E-state index in [0.29, 0.717) is 17.6 Å². The highest BCUT2D eigenvalue weighted by molar-refractivity contribution is 6.30. The third-order valence-corrected chi connectivity index (χ3v) is 3.49. The van der Waals surface area contributed by atoms with Crippen molar-refractivity contribution in [1.82, 2.24) is 15.3 Å². The van der Waals surface area contributed by atoms with Crippen LogP contribution in [-0.2, 0) is 19.5 Å². The summed E-state index contributed by atoms with van der Waals surface area (Å²) in [4.78, 5) is 8.85. The number of nitrogens with one attached hydrogen (secondary N) is 2. The van der Waals surface area contributed by atoms with Crippen molar-refractivity contribution in [3.8, 4) is 0 Å². The van der Waals surface area contributed by atoms with Crippen molar-refractivity contribution in [1.29, 1.82) is 0 Å². The number of benzene rings is 1. The largest absolute Gasteiger partial charge is 0.350 e. The maximum atomic E-state index is 6.20. The number of aromatic nitrogens is 2. The first-order valence-corrected chi connectivity index (χ1v) is 6.74. The summed E-state index contributed by atoms with van der Waals surface area (Å²) in [5.74, 6) is 0.606. The zero-order valence-electron chi connectivity index (χ0n) is 10.5. The molecule has 0 aliphatic carbocycles. The normalized spacial score (nSPS) is 13.9. The Bertz CT molecular complexity index is 571. The van der Waals surface area contributed by atoms with Crippen LogP contribution in [0.3, 0.4) is 0 Å². The van der Waals surface area contributed by atoms with Gasteiger partial charge in [-0.1, -0.05) is 41.9 Å². The van der Waals surface area contributed by atoms with E-state index in [1.54, 1.807) is 0 Å². The van der Waals surface area contributed by atoms with Crippen LogP contribution in [0.2, 0.25) is 5.15 Å². The summed E-state index contributed by atoms with van der Waals surface area (Å²) in [6, 6.07) is 10.2. The highest BCUT2D eigenvalue weighted by Gasteiger charge is 2.16. The number of hydrogen-bond donors (Lipinski definition) is 2. The third-order valence-electron chi connectivity index (χ3n) is 3.18. The predicted octanol–water partition coefficient (Wildman–Crippen LogP) is 2.39. The molecule has 0 fully saturated rings. The van der Waals surface area contributed by atoms with Crippen LogP contribution in [0.5, 0.6) is 0 Å². The Balaban J connectivity index is 1.76. The molecule has 5 heteroatoms. The van der Waals surface area contributed by atoms with E-state index in [1.807, 2.05) is 18.2 Å². The van der Waals surface area contributed by atoms with Gasteiger partial charge in [-0.05, 0) is 5.56 Å². The molecule has 1 aromatic heterocycles. The topological polar surface area (TPSA) is 49.8 Å². The first-order valence-electron chi connectivity index (χ1n) is 6.37. The predicted molar refractivity (Wildman–Crippen MR) is 76.2 cm³/mol. The Hall–Kier alpha value is -1.65. The number of rotatable bonds is 3. The molecule has 0 saturated heterocycles. The fourth-order valence-electron chi connectivity index (χ4n) is 2.16. The van der Waals surface area contributed by atoms with Gasteiger partial charge in [0.25, 0.3) is 0 Å². The molecule has 1 aliphatic rings. The van der Waals surface area contributed by atoms with Crippen molar-refractivity contribution in [2.24, 2.45) is 0 Å². The monoisotopic (exact) mass is 274 g/mol. The van der Waals surface area contributed by atoms with Crippen molar-refractivity contribution >= 4 is 17.5 Å². The Morgan fingerprint density at radius 2 is 2.05 bits per heavy atom. The van der Waals surface area contributed by atoms with Gasteiger partial charge in [-0.25, -0.2) is 9.97 Å². The van der Waals surface area contributed by atoms with Gasteiger partial charge in [0.05, 0.1) is 5.69 Å². The molecule has 2 N–H and O–H groups in total. The number of nitrogens with zero attached hydrogens (tertiary/aromatic N) is 2. The van der Waals surface area contributed by atoms with Gasteiger partial charge >= 0.3 is 0 Å². The summed E-state index contributed by atoms with van der Waals surface area (Å²) >= 11 is 6.20. The number of halogens is 1. The number of anilines is 1. The highest BCUT2D eigenvalue weighted by atomic mass is 35.5. The van der Waals surface area contributed by atoms with Gasteiger partial charge in [0.1, 0.15) is 5.15 Å². The lowest BCUT2D eigenvalue weighted by Gasteiger charge is -2.18. The summed E-state index contributed by atoms with van der Waals surface area (Å²) in [7, 11) is 0. The van der Waals surface area contributed by atoms with E-state index in [1.165, 1.54) is 5.56 Å². The van der Waals surface area contributed by atoms with Crippen molar-refractivity contribution in [2.45, 2.75) is 19.5 Å². The van der Waals surface area contributed by atoms with Gasteiger partial charge in [0.2, 0.25) is 5.95 Å². The lowest BCUT2D eigenvalue weighted by atomic mass is 10.1. The molecule has 0 amide bonds. The number of fused-ring (bicyclic) bond motifs is 1. The Kier molecular flexibility index (Phi) is 3.62. The summed E-state index contributed by atoms with van der Waals surface area (Å²) in [5, 5.41) is 7.05. The molecule has 3 rings (SSSR count). The summed E-state index contributed by atoms with van der Waals surface area (Å²) in [5.41, 5.74) is 3.27. The van der Waals surface area contributed by atoms with Crippen LogP contribution in [0.1, 0.15) is 16.8 Å². The SMILES string of the molecule is Clc1nc(NCc2ccccc2)nc2c1CNCC2. The standard InChI is InChI=1S/C14H15ClN4/c15-13-11-9-16-7-6-12(11)18-14(19-13)17-8-10-4-2-1-3-5-10/h1-5,16H,6-9H2,(H,17,18,19). The van der Waals surface area contributed by atoms with Crippen molar-refractivity contribution in [3.05, 3.63) is 52.3 Å². The van der Waals surface area contributed by atoms with Gasteiger partial charge in [-0.2, -0.15) is 0 Å². The fourth-order valence-corrected chi connectivity index (χ4v) is 2.41. The van der Waals surface area contributed by atoms with Crippen molar-refractivity contribution in [2.75, 3.05) is 11.9 Å². The molecule has 1 aliphatic heterocycles. The van der Waals surface area contributed by atoms with E-state index < -0.39 is 0 Å². The van der Waals surface area contributed by atoms with Gasteiger partial charge in [0.15, 0.2) is 0 Å². The van der Waals surface area contributed by atoms with Crippen LogP contribution < -0.4 is 10.6 Å². The summed E-state index contributed by atoms with van der Waals surface area (Å²) < 4.78 is 0. The molecule has 2 heterocycles. The fraction of sp³-hybridized carbons (Fsp3) is 0.286. The average molecular weight is 275 g/mol. The molecule has 0 spiro atoms. The van der Waals surface area contributed by atoms with E-state index in [0.717, 1.165) is 30.8 Å². The van der Waals surface area contributed by atoms with E-state index in [2.05, 4.69) is 32.7 Å². The molecular weight excluding hydrogens is 260 g/mol. The minimum absolute atomic E-state index is 0.549. The van der Waals surface area contributed by atoms with Gasteiger partial charge in [-0.3, -0.25) is 0 Å². The second-order valence-corrected chi connectivity index (χ2v) is 4.89. The zero-order valence-corrected chi connectivity index (χ0v) is 11.2. The second-order valence-electron chi connectivity index (χ2n) is 4.53. The van der Waals surface area contributed by atoms with Gasteiger partial charge < -0.3 is 10.6 Å². The molecule has 4 nitrogen and oxygen atoms in total. The molecule has 0 atom stereocenters. The molecule has 0 saturated carbocycles. The Morgan fingerprint density at radius 3 is 2.89 bits per heavy atom. The highest BCUT2D eigenvalue weighted by Crippen LogP contribution is 2.21. The van der Waals surface area contributed by atoms with Crippen LogP contribution in [-0.4, -0.2) is 16.5 Å². The molecule has 2 aromatic rings. The second kappa shape index (κ2) is 5.55. The van der Waals surface area contributed by atoms with Crippen molar-refractivity contribution in [3.63, 3.8) is 0 Å². The molecule has 19 heavy (non-hydrogen) atoms. The zero-order chi connectivity index (χ0) is 13.1. The van der Waals surface area contributed by atoms with Gasteiger partial charge in [0, 0.05) is 31.6 Å². The lowest BCUT2D eigenvalue weighted by Crippen LogP contribution is -2.25. The smallest absolute Gasteiger partial charge is 0.224 e. The molecule has 0 bridgehead atoms. The Labute approximate surface area is 117 Å². The quantitative estimate of drug-likeness (QED) is 0.844.